The van der Waals surface area contributed by atoms with Crippen molar-refractivity contribution in [2.45, 2.75) is 25.3 Å². The van der Waals surface area contributed by atoms with Gasteiger partial charge in [-0.3, -0.25) is 0 Å². The molecule has 1 fully saturated rings. The molecule has 1 aromatic carbocycles. The summed E-state index contributed by atoms with van der Waals surface area (Å²) in [5.74, 6) is -0.147. The van der Waals surface area contributed by atoms with Crippen molar-refractivity contribution in [1.82, 2.24) is 5.32 Å². The molecular formula is C13H14FNO. The fourth-order valence-electron chi connectivity index (χ4n) is 2.69. The summed E-state index contributed by atoms with van der Waals surface area (Å²) >= 11 is 0. The Morgan fingerprint density at radius 3 is 3.00 bits per heavy atom. The second-order valence-electron chi connectivity index (χ2n) is 4.62. The zero-order valence-corrected chi connectivity index (χ0v) is 9.22. The lowest BCUT2D eigenvalue weighted by Gasteiger charge is -2.26. The molecule has 1 aliphatic heterocycles. The standard InChI is InChI=1S/C13H14FNO/c1-13(6-2-7-15-13)12-9-5-8-16-11(9)4-3-10(12)14/h3-5,8,15H,2,6-7H2,1H3. The summed E-state index contributed by atoms with van der Waals surface area (Å²) in [5, 5.41) is 4.28. The van der Waals surface area contributed by atoms with Crippen molar-refractivity contribution in [3.63, 3.8) is 0 Å². The van der Waals surface area contributed by atoms with E-state index >= 15 is 0 Å². The van der Waals surface area contributed by atoms with Crippen LogP contribution in [0.5, 0.6) is 0 Å². The smallest absolute Gasteiger partial charge is 0.134 e. The number of furan rings is 1. The normalized spacial score (nSPS) is 25.4. The molecule has 1 unspecified atom stereocenters. The van der Waals surface area contributed by atoms with Gasteiger partial charge in [-0.2, -0.15) is 0 Å². The Hall–Kier alpha value is -1.35. The highest BCUT2D eigenvalue weighted by atomic mass is 19.1. The SMILES string of the molecule is CC1(c2c(F)ccc3occc23)CCCN1. The van der Waals surface area contributed by atoms with Gasteiger partial charge < -0.3 is 9.73 Å². The van der Waals surface area contributed by atoms with E-state index in [-0.39, 0.29) is 11.4 Å². The predicted octanol–water partition coefficient (Wildman–Crippen LogP) is 3.17. The number of benzene rings is 1. The number of halogens is 1. The Morgan fingerprint density at radius 1 is 1.38 bits per heavy atom. The number of fused-ring (bicyclic) bond motifs is 1. The summed E-state index contributed by atoms with van der Waals surface area (Å²) in [6.07, 6.45) is 3.67. The average Bonchev–Trinajstić information content (AvgIpc) is 2.86. The lowest BCUT2D eigenvalue weighted by molar-refractivity contribution is 0.415. The maximum Gasteiger partial charge on any atom is 0.134 e. The third-order valence-corrected chi connectivity index (χ3v) is 3.50. The zero-order valence-electron chi connectivity index (χ0n) is 9.22. The molecule has 1 saturated heterocycles. The summed E-state index contributed by atoms with van der Waals surface area (Å²) < 4.78 is 19.3. The van der Waals surface area contributed by atoms with Crippen LogP contribution in [-0.4, -0.2) is 6.54 Å². The van der Waals surface area contributed by atoms with Crippen molar-refractivity contribution in [3.05, 3.63) is 35.8 Å². The summed E-state index contributed by atoms with van der Waals surface area (Å²) in [6, 6.07) is 5.03. The Kier molecular flexibility index (Phi) is 2.04. The maximum absolute atomic E-state index is 14.0. The molecule has 2 heterocycles. The third kappa shape index (κ3) is 1.28. The van der Waals surface area contributed by atoms with Gasteiger partial charge in [0.05, 0.1) is 6.26 Å². The predicted molar refractivity (Wildman–Crippen MR) is 60.8 cm³/mol. The fourth-order valence-corrected chi connectivity index (χ4v) is 2.69. The van der Waals surface area contributed by atoms with Crippen molar-refractivity contribution in [3.8, 4) is 0 Å². The van der Waals surface area contributed by atoms with E-state index in [9.17, 15) is 4.39 Å². The molecule has 0 spiro atoms. The molecule has 1 aliphatic rings. The minimum Gasteiger partial charge on any atom is -0.464 e. The van der Waals surface area contributed by atoms with E-state index in [0.717, 1.165) is 35.9 Å². The summed E-state index contributed by atoms with van der Waals surface area (Å²) in [5.41, 5.74) is 1.25. The first kappa shape index (κ1) is 9.85. The number of nitrogens with one attached hydrogen (secondary N) is 1. The minimum atomic E-state index is -0.256. The Bertz CT molecular complexity index is 526. The molecule has 84 valence electrons. The lowest BCUT2D eigenvalue weighted by Crippen LogP contribution is -2.34. The number of hydrogen-bond acceptors (Lipinski definition) is 2. The van der Waals surface area contributed by atoms with Gasteiger partial charge in [-0.25, -0.2) is 4.39 Å². The van der Waals surface area contributed by atoms with Crippen LogP contribution >= 0.6 is 0 Å². The van der Waals surface area contributed by atoms with Gasteiger partial charge in [0.25, 0.3) is 0 Å². The molecule has 0 saturated carbocycles. The average molecular weight is 219 g/mol. The third-order valence-electron chi connectivity index (χ3n) is 3.50. The van der Waals surface area contributed by atoms with Crippen LogP contribution in [-0.2, 0) is 5.54 Å². The van der Waals surface area contributed by atoms with E-state index in [2.05, 4.69) is 12.2 Å². The molecule has 16 heavy (non-hydrogen) atoms. The molecule has 3 rings (SSSR count). The van der Waals surface area contributed by atoms with Crippen LogP contribution in [0.4, 0.5) is 4.39 Å². The van der Waals surface area contributed by atoms with Gasteiger partial charge in [0.2, 0.25) is 0 Å². The van der Waals surface area contributed by atoms with Crippen LogP contribution in [0, 0.1) is 5.82 Å². The summed E-state index contributed by atoms with van der Waals surface area (Å²) in [7, 11) is 0. The van der Waals surface area contributed by atoms with Crippen molar-refractivity contribution in [1.29, 1.82) is 0 Å². The maximum atomic E-state index is 14.0. The Balaban J connectivity index is 2.28. The molecule has 0 radical (unpaired) electrons. The topological polar surface area (TPSA) is 25.2 Å². The highest BCUT2D eigenvalue weighted by Crippen LogP contribution is 2.37. The van der Waals surface area contributed by atoms with Gasteiger partial charge in [-0.05, 0) is 44.5 Å². The van der Waals surface area contributed by atoms with E-state index < -0.39 is 0 Å². The van der Waals surface area contributed by atoms with Gasteiger partial charge in [0.1, 0.15) is 11.4 Å². The van der Waals surface area contributed by atoms with E-state index in [1.165, 1.54) is 6.07 Å². The summed E-state index contributed by atoms with van der Waals surface area (Å²) in [4.78, 5) is 0. The minimum absolute atomic E-state index is 0.147. The number of hydrogen-bond donors (Lipinski definition) is 1. The first-order valence-electron chi connectivity index (χ1n) is 5.62. The second kappa shape index (κ2) is 3.32. The van der Waals surface area contributed by atoms with Crippen LogP contribution in [0.2, 0.25) is 0 Å². The van der Waals surface area contributed by atoms with Crippen molar-refractivity contribution in [2.24, 2.45) is 0 Å². The quantitative estimate of drug-likeness (QED) is 0.797. The van der Waals surface area contributed by atoms with Crippen LogP contribution < -0.4 is 5.32 Å². The molecule has 0 bridgehead atoms. The molecule has 1 atom stereocenters. The highest BCUT2D eigenvalue weighted by Gasteiger charge is 2.34. The number of rotatable bonds is 1. The van der Waals surface area contributed by atoms with E-state index in [0.29, 0.717) is 0 Å². The van der Waals surface area contributed by atoms with Crippen LogP contribution in [0.3, 0.4) is 0 Å². The van der Waals surface area contributed by atoms with Crippen LogP contribution in [0.25, 0.3) is 11.0 Å². The second-order valence-corrected chi connectivity index (χ2v) is 4.62. The zero-order chi connectivity index (χ0) is 11.2. The van der Waals surface area contributed by atoms with Gasteiger partial charge in [-0.15, -0.1) is 0 Å². The Labute approximate surface area is 93.4 Å². The summed E-state index contributed by atoms with van der Waals surface area (Å²) in [6.45, 7) is 3.01. The van der Waals surface area contributed by atoms with E-state index in [1.54, 1.807) is 12.3 Å². The molecule has 0 amide bonds. The molecule has 1 aromatic heterocycles. The van der Waals surface area contributed by atoms with Crippen LogP contribution in [0.15, 0.2) is 28.9 Å². The fraction of sp³-hybridized carbons (Fsp3) is 0.385. The van der Waals surface area contributed by atoms with Gasteiger partial charge in [0.15, 0.2) is 0 Å². The largest absolute Gasteiger partial charge is 0.464 e. The van der Waals surface area contributed by atoms with Gasteiger partial charge in [-0.1, -0.05) is 0 Å². The first-order valence-corrected chi connectivity index (χ1v) is 5.62. The van der Waals surface area contributed by atoms with Crippen LogP contribution in [0.1, 0.15) is 25.3 Å². The van der Waals surface area contributed by atoms with E-state index in [4.69, 9.17) is 4.42 Å². The van der Waals surface area contributed by atoms with Crippen molar-refractivity contribution < 1.29 is 8.81 Å². The van der Waals surface area contributed by atoms with Gasteiger partial charge in [0, 0.05) is 16.5 Å². The van der Waals surface area contributed by atoms with Crippen molar-refractivity contribution in [2.75, 3.05) is 6.54 Å². The lowest BCUT2D eigenvalue weighted by atomic mass is 9.88. The highest BCUT2D eigenvalue weighted by molar-refractivity contribution is 5.82. The molecule has 1 N–H and O–H groups in total. The van der Waals surface area contributed by atoms with Gasteiger partial charge >= 0.3 is 0 Å². The molecule has 2 aromatic rings. The first-order chi connectivity index (χ1) is 7.71. The molecule has 3 heteroatoms. The van der Waals surface area contributed by atoms with E-state index in [1.807, 2.05) is 6.07 Å². The monoisotopic (exact) mass is 219 g/mol. The molecular weight excluding hydrogens is 205 g/mol. The molecule has 2 nitrogen and oxygen atoms in total. The molecule has 0 aliphatic carbocycles. The van der Waals surface area contributed by atoms with Crippen molar-refractivity contribution >= 4 is 11.0 Å². The Morgan fingerprint density at radius 2 is 2.25 bits per heavy atom.